The molecule has 0 fully saturated rings. The van der Waals surface area contributed by atoms with Gasteiger partial charge in [0.25, 0.3) is 0 Å². The Hall–Kier alpha value is -3.93. The summed E-state index contributed by atoms with van der Waals surface area (Å²) in [5.74, 6) is 0.391. The van der Waals surface area contributed by atoms with Crippen LogP contribution in [0, 0.1) is 11.3 Å². The molecule has 34 heavy (non-hydrogen) atoms. The summed E-state index contributed by atoms with van der Waals surface area (Å²) >= 11 is 0. The molecule has 3 aromatic rings. The molecule has 0 saturated carbocycles. The lowest BCUT2D eigenvalue weighted by molar-refractivity contribution is -0.122. The normalized spacial score (nSPS) is 11.9. The van der Waals surface area contributed by atoms with Crippen molar-refractivity contribution in [1.82, 2.24) is 10.3 Å². The van der Waals surface area contributed by atoms with E-state index in [2.05, 4.69) is 16.4 Å². The van der Waals surface area contributed by atoms with Crippen LogP contribution in [0.1, 0.15) is 35.7 Å². The van der Waals surface area contributed by atoms with E-state index in [9.17, 15) is 20.1 Å². The minimum absolute atomic E-state index is 0.141. The Morgan fingerprint density at radius 1 is 1.12 bits per heavy atom. The predicted octanol–water partition coefficient (Wildman–Crippen LogP) is 3.64. The second-order valence-electron chi connectivity index (χ2n) is 7.64. The van der Waals surface area contributed by atoms with Crippen molar-refractivity contribution in [1.29, 1.82) is 5.26 Å². The van der Waals surface area contributed by atoms with Crippen molar-refractivity contribution < 1.29 is 19.6 Å². The predicted molar refractivity (Wildman–Crippen MR) is 131 cm³/mol. The quantitative estimate of drug-likeness (QED) is 0.300. The Labute approximate surface area is 199 Å². The van der Waals surface area contributed by atoms with Crippen LogP contribution in [0.2, 0.25) is 6.32 Å². The zero-order chi connectivity index (χ0) is 24.2. The molecule has 0 saturated heterocycles. The summed E-state index contributed by atoms with van der Waals surface area (Å²) in [5.41, 5.74) is 2.72. The molecule has 3 rings (SSSR count). The van der Waals surface area contributed by atoms with Crippen molar-refractivity contribution in [2.75, 3.05) is 6.61 Å². The number of rotatable bonds is 11. The zero-order valence-corrected chi connectivity index (χ0v) is 18.7. The number of aromatic nitrogens is 1. The molecule has 0 radical (unpaired) electrons. The first-order valence-electron chi connectivity index (χ1n) is 11.0. The Bertz CT molecular complexity index is 1130. The molecule has 0 aliphatic rings. The molecule has 8 heteroatoms. The minimum atomic E-state index is -1.42. The Morgan fingerprint density at radius 2 is 1.91 bits per heavy atom. The molecule has 0 aliphatic carbocycles. The topological polar surface area (TPSA) is 115 Å². The molecule has 0 bridgehead atoms. The molecular formula is C26H26BN3O4. The third-order valence-electron chi connectivity index (χ3n) is 5.08. The number of pyridine rings is 1. The summed E-state index contributed by atoms with van der Waals surface area (Å²) in [4.78, 5) is 16.7. The fraction of sp³-hybridized carbons (Fsp3) is 0.192. The maximum atomic E-state index is 12.5. The van der Waals surface area contributed by atoms with E-state index >= 15 is 0 Å². The third-order valence-corrected chi connectivity index (χ3v) is 5.08. The van der Waals surface area contributed by atoms with E-state index < -0.39 is 7.12 Å². The number of hydrogen-bond acceptors (Lipinski definition) is 6. The van der Waals surface area contributed by atoms with E-state index in [0.717, 1.165) is 11.1 Å². The highest BCUT2D eigenvalue weighted by Gasteiger charge is 2.17. The van der Waals surface area contributed by atoms with E-state index in [0.29, 0.717) is 23.4 Å². The van der Waals surface area contributed by atoms with Crippen LogP contribution in [0.4, 0.5) is 0 Å². The highest BCUT2D eigenvalue weighted by atomic mass is 16.5. The van der Waals surface area contributed by atoms with Gasteiger partial charge in [0.15, 0.2) is 0 Å². The van der Waals surface area contributed by atoms with Crippen molar-refractivity contribution in [3.05, 3.63) is 95.8 Å². The average Bonchev–Trinajstić information content (AvgIpc) is 2.86. The van der Waals surface area contributed by atoms with Crippen LogP contribution < -0.4 is 10.1 Å². The van der Waals surface area contributed by atoms with Gasteiger partial charge in [0.1, 0.15) is 11.8 Å². The first kappa shape index (κ1) is 24.7. The lowest BCUT2D eigenvalue weighted by Gasteiger charge is -2.19. The van der Waals surface area contributed by atoms with Crippen molar-refractivity contribution in [3.8, 4) is 11.8 Å². The van der Waals surface area contributed by atoms with Gasteiger partial charge in [0.05, 0.1) is 30.3 Å². The van der Waals surface area contributed by atoms with E-state index in [4.69, 9.17) is 4.74 Å². The number of nitriles is 1. The molecule has 3 N–H and O–H groups in total. The van der Waals surface area contributed by atoms with Gasteiger partial charge in [-0.15, -0.1) is 0 Å². The van der Waals surface area contributed by atoms with Crippen molar-refractivity contribution in [2.45, 2.75) is 25.2 Å². The number of nitrogens with zero attached hydrogens (tertiary/aromatic N) is 2. The molecule has 0 aliphatic heterocycles. The fourth-order valence-electron chi connectivity index (χ4n) is 3.40. The summed E-state index contributed by atoms with van der Waals surface area (Å²) in [6.45, 7) is 0.175. The number of nitrogens with one attached hydrogen (secondary N) is 1. The first-order valence-corrected chi connectivity index (χ1v) is 11.0. The highest BCUT2D eigenvalue weighted by molar-refractivity contribution is 6.40. The van der Waals surface area contributed by atoms with Crippen molar-refractivity contribution in [3.63, 3.8) is 0 Å². The molecule has 2 aromatic carbocycles. The summed E-state index contributed by atoms with van der Waals surface area (Å²) in [6.07, 6.45) is 4.07. The van der Waals surface area contributed by atoms with Gasteiger partial charge in [0, 0.05) is 6.20 Å². The van der Waals surface area contributed by atoms with Crippen molar-refractivity contribution in [2.24, 2.45) is 0 Å². The minimum Gasteiger partial charge on any atom is -0.493 e. The Balaban J connectivity index is 1.57. The average molecular weight is 455 g/mol. The maximum absolute atomic E-state index is 12.5. The fourth-order valence-corrected chi connectivity index (χ4v) is 3.40. The summed E-state index contributed by atoms with van der Waals surface area (Å²) < 4.78 is 5.76. The molecule has 1 aromatic heterocycles. The van der Waals surface area contributed by atoms with E-state index in [1.807, 2.05) is 48.5 Å². The van der Waals surface area contributed by atoms with Crippen LogP contribution in [0.25, 0.3) is 11.6 Å². The first-order chi connectivity index (χ1) is 16.5. The Kier molecular flexibility index (Phi) is 9.41. The van der Waals surface area contributed by atoms with Crippen LogP contribution in [0.15, 0.2) is 79.0 Å². The number of allylic oxidation sites excluding steroid dienone is 1. The second kappa shape index (κ2) is 12.9. The SMILES string of the molecule is N#CC(=Cc1cccc(OCCC(=O)N[C@@H](CCB(O)O)c2ccccc2)c1)c1ccccn1. The van der Waals surface area contributed by atoms with Crippen LogP contribution in [-0.2, 0) is 4.79 Å². The molecule has 172 valence electrons. The molecule has 7 nitrogen and oxygen atoms in total. The van der Waals surface area contributed by atoms with Gasteiger partial charge >= 0.3 is 7.12 Å². The zero-order valence-electron chi connectivity index (χ0n) is 18.7. The number of hydrogen-bond donors (Lipinski definition) is 3. The third kappa shape index (κ3) is 7.89. The Morgan fingerprint density at radius 3 is 2.62 bits per heavy atom. The molecule has 1 atom stereocenters. The largest absolute Gasteiger partial charge is 0.493 e. The van der Waals surface area contributed by atoms with Gasteiger partial charge < -0.3 is 20.1 Å². The van der Waals surface area contributed by atoms with Gasteiger partial charge in [-0.1, -0.05) is 48.5 Å². The molecule has 1 heterocycles. The van der Waals surface area contributed by atoms with Crippen molar-refractivity contribution >= 4 is 24.7 Å². The van der Waals surface area contributed by atoms with E-state index in [1.54, 1.807) is 36.5 Å². The van der Waals surface area contributed by atoms with Gasteiger partial charge in [-0.3, -0.25) is 9.78 Å². The summed E-state index contributed by atoms with van der Waals surface area (Å²) in [7, 11) is -1.42. The van der Waals surface area contributed by atoms with Gasteiger partial charge in [-0.05, 0) is 54.2 Å². The van der Waals surface area contributed by atoms with Gasteiger partial charge in [0.2, 0.25) is 5.91 Å². The van der Waals surface area contributed by atoms with Gasteiger partial charge in [-0.25, -0.2) is 0 Å². The number of carbonyl (C=O) groups is 1. The summed E-state index contributed by atoms with van der Waals surface area (Å²) in [6, 6.07) is 23.9. The summed E-state index contributed by atoms with van der Waals surface area (Å²) in [5, 5.41) is 30.8. The lowest BCUT2D eigenvalue weighted by atomic mass is 9.81. The van der Waals surface area contributed by atoms with Crippen LogP contribution >= 0.6 is 0 Å². The second-order valence-corrected chi connectivity index (χ2v) is 7.64. The molecule has 0 unspecified atom stereocenters. The van der Waals surface area contributed by atoms with E-state index in [-0.39, 0.29) is 31.3 Å². The number of ether oxygens (including phenoxy) is 1. The van der Waals surface area contributed by atoms with Gasteiger partial charge in [-0.2, -0.15) is 5.26 Å². The van der Waals surface area contributed by atoms with E-state index in [1.165, 1.54) is 0 Å². The van der Waals surface area contributed by atoms with Crippen LogP contribution in [0.5, 0.6) is 5.75 Å². The smallest absolute Gasteiger partial charge is 0.451 e. The highest BCUT2D eigenvalue weighted by Crippen LogP contribution is 2.21. The van der Waals surface area contributed by atoms with Crippen LogP contribution in [-0.4, -0.2) is 34.7 Å². The number of amides is 1. The molecule has 1 amide bonds. The number of carbonyl (C=O) groups excluding carboxylic acids is 1. The number of benzene rings is 2. The van der Waals surface area contributed by atoms with Crippen LogP contribution in [0.3, 0.4) is 0 Å². The standard InChI is InChI=1S/C26H26BN3O4/c28-19-22(24-11-4-5-15-29-24)17-20-7-6-10-23(18-20)34-16-13-26(31)30-25(12-14-27(32)33)21-8-2-1-3-9-21/h1-11,15,17-18,25,32-33H,12-14,16H2,(H,30,31)/t25-/m0/s1. The monoisotopic (exact) mass is 455 g/mol. The molecular weight excluding hydrogens is 429 g/mol. The lowest BCUT2D eigenvalue weighted by Crippen LogP contribution is -2.30. The maximum Gasteiger partial charge on any atom is 0.451 e. The molecule has 0 spiro atoms.